The van der Waals surface area contributed by atoms with E-state index in [1.807, 2.05) is 17.0 Å². The van der Waals surface area contributed by atoms with Gasteiger partial charge in [-0.3, -0.25) is 9.69 Å². The quantitative estimate of drug-likeness (QED) is 0.644. The first-order chi connectivity index (χ1) is 14.2. The number of hydrogen-bond acceptors (Lipinski definition) is 3. The van der Waals surface area contributed by atoms with Crippen LogP contribution >= 0.6 is 0 Å². The van der Waals surface area contributed by atoms with Crippen LogP contribution in [-0.4, -0.2) is 34.8 Å². The van der Waals surface area contributed by atoms with Gasteiger partial charge in [-0.25, -0.2) is 0 Å². The fraction of sp³-hybridized carbons (Fsp3) is 0.560. The molecule has 1 aliphatic carbocycles. The maximum absolute atomic E-state index is 12.8. The van der Waals surface area contributed by atoms with E-state index < -0.39 is 0 Å². The first-order valence-corrected chi connectivity index (χ1v) is 11.4. The Bertz CT molecular complexity index is 801. The van der Waals surface area contributed by atoms with Crippen molar-refractivity contribution in [1.29, 1.82) is 0 Å². The molecule has 1 aliphatic heterocycles. The van der Waals surface area contributed by atoms with E-state index in [9.17, 15) is 4.79 Å². The molecule has 156 valence electrons. The van der Waals surface area contributed by atoms with Crippen LogP contribution in [0.2, 0.25) is 0 Å². The zero-order chi connectivity index (χ0) is 20.1. The number of hydrogen-bond donors (Lipinski definition) is 0. The number of piperidine rings is 1. The van der Waals surface area contributed by atoms with Gasteiger partial charge in [0.05, 0.1) is 6.54 Å². The Labute approximate surface area is 174 Å². The number of aryl methyl sites for hydroxylation is 1. The third kappa shape index (κ3) is 5.11. The van der Waals surface area contributed by atoms with E-state index in [4.69, 9.17) is 4.42 Å². The van der Waals surface area contributed by atoms with Gasteiger partial charge in [-0.15, -0.1) is 0 Å². The van der Waals surface area contributed by atoms with E-state index in [-0.39, 0.29) is 5.91 Å². The molecule has 0 unspecified atom stereocenters. The van der Waals surface area contributed by atoms with Crippen molar-refractivity contribution >= 4 is 5.91 Å². The van der Waals surface area contributed by atoms with Crippen LogP contribution in [0.15, 0.2) is 40.8 Å². The molecule has 4 nitrogen and oxygen atoms in total. The number of likely N-dealkylation sites (tertiary alicyclic amines) is 1. The van der Waals surface area contributed by atoms with Crippen molar-refractivity contribution in [3.8, 4) is 0 Å². The number of nitrogens with zero attached hydrogens (tertiary/aromatic N) is 2. The lowest BCUT2D eigenvalue weighted by molar-refractivity contribution is 0.0685. The molecule has 1 saturated carbocycles. The summed E-state index contributed by atoms with van der Waals surface area (Å²) in [6.45, 7) is 5.61. The highest BCUT2D eigenvalue weighted by atomic mass is 16.4. The number of carbonyl (C=O) groups excluding carboxylic acids is 1. The minimum Gasteiger partial charge on any atom is -0.455 e. The molecule has 2 aromatic rings. The highest BCUT2D eigenvalue weighted by Gasteiger charge is 2.25. The van der Waals surface area contributed by atoms with Crippen molar-refractivity contribution in [3.05, 3.63) is 59.0 Å². The summed E-state index contributed by atoms with van der Waals surface area (Å²) in [7, 11) is 0. The molecule has 0 N–H and O–H groups in total. The molecule has 0 atom stereocenters. The van der Waals surface area contributed by atoms with Gasteiger partial charge in [0.15, 0.2) is 5.76 Å². The Morgan fingerprint density at radius 1 is 0.966 bits per heavy atom. The van der Waals surface area contributed by atoms with Gasteiger partial charge in [-0.05, 0) is 62.3 Å². The van der Waals surface area contributed by atoms with Crippen molar-refractivity contribution in [2.45, 2.75) is 77.4 Å². The van der Waals surface area contributed by atoms with Crippen molar-refractivity contribution in [1.82, 2.24) is 9.80 Å². The van der Waals surface area contributed by atoms with Crippen molar-refractivity contribution in [2.24, 2.45) is 0 Å². The highest BCUT2D eigenvalue weighted by molar-refractivity contribution is 5.91. The molecule has 4 heteroatoms. The Balaban J connectivity index is 1.47. The average molecular weight is 395 g/mol. The van der Waals surface area contributed by atoms with Crippen molar-refractivity contribution in [3.63, 3.8) is 0 Å². The Hall–Kier alpha value is -2.07. The van der Waals surface area contributed by atoms with Gasteiger partial charge < -0.3 is 9.32 Å². The molecule has 1 aromatic carbocycles. The van der Waals surface area contributed by atoms with Gasteiger partial charge in [-0.2, -0.15) is 0 Å². The highest BCUT2D eigenvalue weighted by Crippen LogP contribution is 2.27. The zero-order valence-electron chi connectivity index (χ0n) is 17.7. The summed E-state index contributed by atoms with van der Waals surface area (Å²) in [6, 6.07) is 13.1. The molecular weight excluding hydrogens is 360 g/mol. The van der Waals surface area contributed by atoms with Crippen LogP contribution < -0.4 is 0 Å². The van der Waals surface area contributed by atoms with Crippen LogP contribution in [0, 0.1) is 6.92 Å². The maximum atomic E-state index is 12.8. The molecule has 2 heterocycles. The third-order valence-corrected chi connectivity index (χ3v) is 6.60. The lowest BCUT2D eigenvalue weighted by atomic mass is 9.93. The molecule has 0 spiro atoms. The van der Waals surface area contributed by atoms with Gasteiger partial charge >= 0.3 is 0 Å². The van der Waals surface area contributed by atoms with Crippen LogP contribution in [0.4, 0.5) is 0 Å². The van der Waals surface area contributed by atoms with Gasteiger partial charge in [0, 0.05) is 25.7 Å². The van der Waals surface area contributed by atoms with Gasteiger partial charge in [0.2, 0.25) is 0 Å². The van der Waals surface area contributed by atoms with Crippen LogP contribution in [0.25, 0.3) is 0 Å². The van der Waals surface area contributed by atoms with Gasteiger partial charge in [0.1, 0.15) is 5.76 Å². The molecular formula is C25H34N2O2. The second-order valence-electron chi connectivity index (χ2n) is 8.74. The SMILES string of the molecule is Cc1ccccc1CN(Cc1ccc(C(=O)N2CCCCC2)o1)C1CCCCC1. The fourth-order valence-electron chi connectivity index (χ4n) is 4.80. The Morgan fingerprint density at radius 3 is 2.45 bits per heavy atom. The number of carbonyl (C=O) groups is 1. The maximum Gasteiger partial charge on any atom is 0.289 e. The minimum absolute atomic E-state index is 0.0547. The zero-order valence-corrected chi connectivity index (χ0v) is 17.7. The molecule has 1 amide bonds. The van der Waals surface area contributed by atoms with Crippen LogP contribution in [0.3, 0.4) is 0 Å². The van der Waals surface area contributed by atoms with E-state index in [1.54, 1.807) is 0 Å². The van der Waals surface area contributed by atoms with E-state index in [0.717, 1.165) is 44.8 Å². The molecule has 1 saturated heterocycles. The largest absolute Gasteiger partial charge is 0.455 e. The molecule has 1 aromatic heterocycles. The predicted octanol–water partition coefficient (Wildman–Crippen LogP) is 5.55. The molecule has 0 bridgehead atoms. The summed E-state index contributed by atoms with van der Waals surface area (Å²) in [4.78, 5) is 17.3. The number of amides is 1. The minimum atomic E-state index is 0.0547. The summed E-state index contributed by atoms with van der Waals surface area (Å²) >= 11 is 0. The first kappa shape index (κ1) is 20.2. The summed E-state index contributed by atoms with van der Waals surface area (Å²) in [5, 5.41) is 0. The molecule has 4 rings (SSSR count). The lowest BCUT2D eigenvalue weighted by Crippen LogP contribution is -2.36. The van der Waals surface area contributed by atoms with Crippen molar-refractivity contribution < 1.29 is 9.21 Å². The molecule has 2 aliphatic rings. The van der Waals surface area contributed by atoms with Crippen LogP contribution in [-0.2, 0) is 13.1 Å². The van der Waals surface area contributed by atoms with Crippen LogP contribution in [0.1, 0.15) is 78.8 Å². The van der Waals surface area contributed by atoms with Crippen molar-refractivity contribution in [2.75, 3.05) is 13.1 Å². The monoisotopic (exact) mass is 394 g/mol. The summed E-state index contributed by atoms with van der Waals surface area (Å²) in [5.41, 5.74) is 2.72. The normalized spacial score (nSPS) is 18.3. The predicted molar refractivity (Wildman–Crippen MR) is 116 cm³/mol. The number of benzene rings is 1. The number of rotatable bonds is 6. The second kappa shape index (κ2) is 9.62. The molecule has 29 heavy (non-hydrogen) atoms. The topological polar surface area (TPSA) is 36.7 Å². The van der Waals surface area contributed by atoms with Gasteiger partial charge in [-0.1, -0.05) is 43.5 Å². The Kier molecular flexibility index (Phi) is 6.70. The third-order valence-electron chi connectivity index (χ3n) is 6.60. The summed E-state index contributed by atoms with van der Waals surface area (Å²) < 4.78 is 6.06. The molecule has 2 fully saturated rings. The number of furan rings is 1. The summed E-state index contributed by atoms with van der Waals surface area (Å²) in [6.07, 6.45) is 9.92. The lowest BCUT2D eigenvalue weighted by Gasteiger charge is -2.34. The Morgan fingerprint density at radius 2 is 1.69 bits per heavy atom. The second-order valence-corrected chi connectivity index (χ2v) is 8.74. The summed E-state index contributed by atoms with van der Waals surface area (Å²) in [5.74, 6) is 1.46. The average Bonchev–Trinajstić information content (AvgIpc) is 3.24. The van der Waals surface area contributed by atoms with E-state index in [0.29, 0.717) is 11.8 Å². The smallest absolute Gasteiger partial charge is 0.289 e. The van der Waals surface area contributed by atoms with E-state index in [1.165, 1.54) is 49.7 Å². The van der Waals surface area contributed by atoms with E-state index >= 15 is 0 Å². The van der Waals surface area contributed by atoms with E-state index in [2.05, 4.69) is 36.1 Å². The van der Waals surface area contributed by atoms with Gasteiger partial charge in [0.25, 0.3) is 5.91 Å². The standard InChI is InChI=1S/C25H34N2O2/c1-20-10-6-7-11-21(20)18-27(22-12-4-2-5-13-22)19-23-14-15-24(29-23)25(28)26-16-8-3-9-17-26/h6-7,10-11,14-15,22H,2-5,8-9,12-13,16-19H2,1H3. The first-order valence-electron chi connectivity index (χ1n) is 11.4. The van der Waals surface area contributed by atoms with Crippen LogP contribution in [0.5, 0.6) is 0 Å². The molecule has 0 radical (unpaired) electrons. The fourth-order valence-corrected chi connectivity index (χ4v) is 4.80.